The van der Waals surface area contributed by atoms with Crippen molar-refractivity contribution in [1.29, 1.82) is 0 Å². The third kappa shape index (κ3) is 5.76. The highest BCUT2D eigenvalue weighted by atomic mass is 35.5. The fourth-order valence-electron chi connectivity index (χ4n) is 2.40. The van der Waals surface area contributed by atoms with E-state index in [1.807, 2.05) is 26.0 Å². The highest BCUT2D eigenvalue weighted by Gasteiger charge is 2.17. The number of halogens is 1. The molecular formula is C20H19ClN2O3S3. The second-order valence-electron chi connectivity index (χ2n) is 6.28. The summed E-state index contributed by atoms with van der Waals surface area (Å²) >= 11 is 8.64. The van der Waals surface area contributed by atoms with Gasteiger partial charge in [-0.05, 0) is 67.3 Å². The molecule has 1 heterocycles. The molecule has 0 saturated heterocycles. The summed E-state index contributed by atoms with van der Waals surface area (Å²) in [6.07, 6.45) is 0. The van der Waals surface area contributed by atoms with E-state index >= 15 is 0 Å². The number of hydrogen-bond acceptors (Lipinski definition) is 5. The van der Waals surface area contributed by atoms with Crippen LogP contribution in [-0.2, 0) is 14.8 Å². The first-order chi connectivity index (χ1) is 13.7. The standard InChI is InChI=1S/C20H19ClN2O3S3/c1-13-5-6-16(12-18(13)21)22-20(24)14(2)28-17-9-7-15(8-10-17)23-29(25,26)19-4-3-11-27-19/h3-12,14,23H,1-2H3,(H,22,24). The number of rotatable bonds is 7. The first-order valence-electron chi connectivity index (χ1n) is 8.65. The van der Waals surface area contributed by atoms with Crippen LogP contribution in [0.25, 0.3) is 0 Å². The minimum atomic E-state index is -3.57. The average Bonchev–Trinajstić information content (AvgIpc) is 3.22. The Kier molecular flexibility index (Phi) is 6.89. The summed E-state index contributed by atoms with van der Waals surface area (Å²) in [6.45, 7) is 3.71. The summed E-state index contributed by atoms with van der Waals surface area (Å²) in [5.41, 5.74) is 2.06. The number of aryl methyl sites for hydroxylation is 1. The molecule has 3 rings (SSSR count). The number of carbonyl (C=O) groups excluding carboxylic acids is 1. The molecule has 0 aliphatic rings. The van der Waals surface area contributed by atoms with Crippen molar-refractivity contribution in [1.82, 2.24) is 0 Å². The molecule has 0 saturated carbocycles. The first-order valence-corrected chi connectivity index (χ1v) is 12.3. The fraction of sp³-hybridized carbons (Fsp3) is 0.150. The minimum absolute atomic E-state index is 0.141. The molecular weight excluding hydrogens is 448 g/mol. The van der Waals surface area contributed by atoms with Gasteiger partial charge in [0.2, 0.25) is 5.91 Å². The number of sulfonamides is 1. The molecule has 0 aliphatic heterocycles. The molecule has 1 atom stereocenters. The maximum Gasteiger partial charge on any atom is 0.271 e. The summed E-state index contributed by atoms with van der Waals surface area (Å²) in [5, 5.41) is 4.82. The summed E-state index contributed by atoms with van der Waals surface area (Å²) < 4.78 is 27.3. The maximum atomic E-state index is 12.4. The highest BCUT2D eigenvalue weighted by molar-refractivity contribution is 8.00. The van der Waals surface area contributed by atoms with Gasteiger partial charge in [-0.15, -0.1) is 23.1 Å². The van der Waals surface area contributed by atoms with Gasteiger partial charge in [0, 0.05) is 21.3 Å². The number of hydrogen-bond donors (Lipinski definition) is 2. The van der Waals surface area contributed by atoms with Crippen LogP contribution in [0.4, 0.5) is 11.4 Å². The Morgan fingerprint density at radius 3 is 2.41 bits per heavy atom. The zero-order valence-corrected chi connectivity index (χ0v) is 18.9. The van der Waals surface area contributed by atoms with Gasteiger partial charge in [0.25, 0.3) is 10.0 Å². The largest absolute Gasteiger partial charge is 0.325 e. The third-order valence-electron chi connectivity index (χ3n) is 3.99. The molecule has 5 nitrogen and oxygen atoms in total. The van der Waals surface area contributed by atoms with Crippen LogP contribution in [0.5, 0.6) is 0 Å². The van der Waals surface area contributed by atoms with Crippen molar-refractivity contribution in [2.24, 2.45) is 0 Å². The molecule has 1 amide bonds. The van der Waals surface area contributed by atoms with Crippen LogP contribution in [-0.4, -0.2) is 19.6 Å². The summed E-state index contributed by atoms with van der Waals surface area (Å²) in [7, 11) is -3.57. The molecule has 0 bridgehead atoms. The van der Waals surface area contributed by atoms with Crippen molar-refractivity contribution in [3.63, 3.8) is 0 Å². The molecule has 9 heteroatoms. The molecule has 29 heavy (non-hydrogen) atoms. The second-order valence-corrected chi connectivity index (χ2v) is 11.0. The Hall–Kier alpha value is -2.00. The van der Waals surface area contributed by atoms with E-state index < -0.39 is 10.0 Å². The quantitative estimate of drug-likeness (QED) is 0.442. The normalized spacial score (nSPS) is 12.4. The molecule has 1 unspecified atom stereocenters. The summed E-state index contributed by atoms with van der Waals surface area (Å²) in [5.74, 6) is -0.141. The maximum absolute atomic E-state index is 12.4. The Morgan fingerprint density at radius 1 is 1.10 bits per heavy atom. The molecule has 0 fully saturated rings. The number of carbonyl (C=O) groups is 1. The highest BCUT2D eigenvalue weighted by Crippen LogP contribution is 2.27. The third-order valence-corrected chi connectivity index (χ3v) is 8.29. The zero-order valence-electron chi connectivity index (χ0n) is 15.7. The van der Waals surface area contributed by atoms with Crippen LogP contribution in [0.15, 0.2) is 69.1 Å². The number of anilines is 2. The molecule has 2 N–H and O–H groups in total. The Morgan fingerprint density at radius 2 is 1.79 bits per heavy atom. The second kappa shape index (κ2) is 9.21. The van der Waals surface area contributed by atoms with Gasteiger partial charge in [0.1, 0.15) is 4.21 Å². The number of benzene rings is 2. The Bertz CT molecular complexity index is 1100. The van der Waals surface area contributed by atoms with Crippen molar-refractivity contribution in [3.8, 4) is 0 Å². The van der Waals surface area contributed by atoms with Crippen molar-refractivity contribution < 1.29 is 13.2 Å². The van der Waals surface area contributed by atoms with Gasteiger partial charge in [-0.25, -0.2) is 8.42 Å². The van der Waals surface area contributed by atoms with Crippen LogP contribution in [0, 0.1) is 6.92 Å². The van der Waals surface area contributed by atoms with Crippen LogP contribution in [0.2, 0.25) is 5.02 Å². The van der Waals surface area contributed by atoms with Gasteiger partial charge >= 0.3 is 0 Å². The lowest BCUT2D eigenvalue weighted by molar-refractivity contribution is -0.115. The van der Waals surface area contributed by atoms with E-state index in [1.54, 1.807) is 47.8 Å². The van der Waals surface area contributed by atoms with Gasteiger partial charge in [0.05, 0.1) is 5.25 Å². The van der Waals surface area contributed by atoms with E-state index in [0.29, 0.717) is 16.4 Å². The van der Waals surface area contributed by atoms with Crippen LogP contribution in [0.3, 0.4) is 0 Å². The van der Waals surface area contributed by atoms with Crippen molar-refractivity contribution in [2.45, 2.75) is 28.2 Å². The van der Waals surface area contributed by atoms with E-state index in [9.17, 15) is 13.2 Å². The molecule has 1 aromatic heterocycles. The van der Waals surface area contributed by atoms with Crippen LogP contribution in [0.1, 0.15) is 12.5 Å². The predicted octanol–water partition coefficient (Wildman–Crippen LogP) is 5.63. The van der Waals surface area contributed by atoms with E-state index in [4.69, 9.17) is 11.6 Å². The number of nitrogens with one attached hydrogen (secondary N) is 2. The van der Waals surface area contributed by atoms with Gasteiger partial charge in [-0.1, -0.05) is 23.7 Å². The number of thioether (sulfide) groups is 1. The van der Waals surface area contributed by atoms with Crippen LogP contribution >= 0.6 is 34.7 Å². The Balaban J connectivity index is 1.60. The molecule has 152 valence electrons. The molecule has 2 aromatic carbocycles. The fourth-order valence-corrected chi connectivity index (χ4v) is 5.49. The molecule has 0 aliphatic carbocycles. The van der Waals surface area contributed by atoms with E-state index in [2.05, 4.69) is 10.0 Å². The van der Waals surface area contributed by atoms with Gasteiger partial charge in [0.15, 0.2) is 0 Å². The van der Waals surface area contributed by atoms with E-state index in [0.717, 1.165) is 21.8 Å². The van der Waals surface area contributed by atoms with Gasteiger partial charge < -0.3 is 5.32 Å². The number of amides is 1. The van der Waals surface area contributed by atoms with E-state index in [-0.39, 0.29) is 15.4 Å². The predicted molar refractivity (Wildman–Crippen MR) is 122 cm³/mol. The lowest BCUT2D eigenvalue weighted by Crippen LogP contribution is -2.22. The minimum Gasteiger partial charge on any atom is -0.325 e. The van der Waals surface area contributed by atoms with Crippen molar-refractivity contribution in [3.05, 3.63) is 70.6 Å². The molecule has 0 radical (unpaired) electrons. The molecule has 3 aromatic rings. The zero-order chi connectivity index (χ0) is 21.0. The monoisotopic (exact) mass is 466 g/mol. The number of thiophene rings is 1. The van der Waals surface area contributed by atoms with Crippen molar-refractivity contribution >= 4 is 62.0 Å². The summed E-state index contributed by atoms with van der Waals surface area (Å²) in [4.78, 5) is 13.3. The summed E-state index contributed by atoms with van der Waals surface area (Å²) in [6, 6.07) is 15.6. The van der Waals surface area contributed by atoms with Gasteiger partial charge in [-0.2, -0.15) is 0 Å². The van der Waals surface area contributed by atoms with E-state index in [1.165, 1.54) is 11.8 Å². The van der Waals surface area contributed by atoms with Crippen LogP contribution < -0.4 is 10.0 Å². The average molecular weight is 467 g/mol. The first kappa shape index (κ1) is 21.7. The lowest BCUT2D eigenvalue weighted by Gasteiger charge is -2.13. The lowest BCUT2D eigenvalue weighted by atomic mass is 10.2. The Labute approximate surface area is 183 Å². The smallest absolute Gasteiger partial charge is 0.271 e. The van der Waals surface area contributed by atoms with Crippen molar-refractivity contribution in [2.75, 3.05) is 10.0 Å². The topological polar surface area (TPSA) is 75.3 Å². The molecule has 0 spiro atoms. The SMILES string of the molecule is Cc1ccc(NC(=O)C(C)Sc2ccc(NS(=O)(=O)c3cccs3)cc2)cc1Cl. The van der Waals surface area contributed by atoms with Gasteiger partial charge in [-0.3, -0.25) is 9.52 Å².